The molecule has 1 aromatic carbocycles. The molecule has 1 unspecified atom stereocenters. The number of imide groups is 1. The van der Waals surface area contributed by atoms with Crippen LogP contribution in [0.4, 0.5) is 4.79 Å². The van der Waals surface area contributed by atoms with Gasteiger partial charge in [0, 0.05) is 12.0 Å². The van der Waals surface area contributed by atoms with Gasteiger partial charge in [0.25, 0.3) is 5.24 Å². The van der Waals surface area contributed by atoms with Crippen molar-refractivity contribution in [1.82, 2.24) is 10.3 Å². The number of hydrogen-bond donors (Lipinski definition) is 1. The lowest BCUT2D eigenvalue weighted by Crippen LogP contribution is -2.26. The lowest BCUT2D eigenvalue weighted by Gasteiger charge is -2.29. The number of rotatable bonds is 10. The van der Waals surface area contributed by atoms with Crippen LogP contribution in [0.25, 0.3) is 11.5 Å². The summed E-state index contributed by atoms with van der Waals surface area (Å²) in [5.74, 6) is 2.58. The number of aromatic nitrogens is 1. The predicted molar refractivity (Wildman–Crippen MR) is 135 cm³/mol. The highest BCUT2D eigenvalue weighted by Gasteiger charge is 2.32. The molecule has 34 heavy (non-hydrogen) atoms. The molecule has 0 bridgehead atoms. The number of benzene rings is 1. The molecule has 2 aliphatic rings. The average Bonchev–Trinajstić information content (AvgIpc) is 3.38. The Bertz CT molecular complexity index is 985. The summed E-state index contributed by atoms with van der Waals surface area (Å²) >= 11 is 1.13. The van der Waals surface area contributed by atoms with Gasteiger partial charge in [-0.25, -0.2) is 4.98 Å². The molecule has 6 nitrogen and oxygen atoms in total. The normalized spacial score (nSPS) is 23.0. The highest BCUT2D eigenvalue weighted by molar-refractivity contribution is 8.15. The highest BCUT2D eigenvalue weighted by Crippen LogP contribution is 2.33. The van der Waals surface area contributed by atoms with Crippen molar-refractivity contribution in [2.75, 3.05) is 0 Å². The first kappa shape index (κ1) is 25.0. The van der Waals surface area contributed by atoms with Crippen LogP contribution >= 0.6 is 11.8 Å². The highest BCUT2D eigenvalue weighted by atomic mass is 32.2. The number of aryl methyl sites for hydroxylation is 1. The lowest BCUT2D eigenvalue weighted by molar-refractivity contribution is -0.119. The number of ether oxygens (including phenoxy) is 1. The molecule has 3 atom stereocenters. The van der Waals surface area contributed by atoms with Crippen molar-refractivity contribution in [3.63, 3.8) is 0 Å². The van der Waals surface area contributed by atoms with E-state index in [0.717, 1.165) is 80.1 Å². The van der Waals surface area contributed by atoms with Gasteiger partial charge in [0.1, 0.15) is 11.5 Å². The summed E-state index contributed by atoms with van der Waals surface area (Å²) in [6.07, 6.45) is 8.10. The molecular formula is C27H36N2O4S. The third-order valence-electron chi connectivity index (χ3n) is 6.74. The molecule has 2 fully saturated rings. The minimum absolute atomic E-state index is 0.137. The number of hydrogen-bond acceptors (Lipinski definition) is 6. The van der Waals surface area contributed by atoms with Gasteiger partial charge in [0.05, 0.1) is 18.0 Å². The van der Waals surface area contributed by atoms with Crippen LogP contribution in [0.3, 0.4) is 0 Å². The van der Waals surface area contributed by atoms with Gasteiger partial charge in [-0.15, -0.1) is 0 Å². The summed E-state index contributed by atoms with van der Waals surface area (Å²) in [4.78, 5) is 28.0. The topological polar surface area (TPSA) is 81.4 Å². The molecule has 1 saturated carbocycles. The number of carbonyl (C=O) groups is 2. The Morgan fingerprint density at radius 1 is 1.18 bits per heavy atom. The molecule has 1 aromatic heterocycles. The summed E-state index contributed by atoms with van der Waals surface area (Å²) in [6, 6.07) is 8.51. The van der Waals surface area contributed by atoms with Gasteiger partial charge >= 0.3 is 0 Å². The van der Waals surface area contributed by atoms with E-state index in [9.17, 15) is 9.59 Å². The van der Waals surface area contributed by atoms with Crippen LogP contribution in [0, 0.1) is 11.8 Å². The molecule has 4 rings (SSSR count). The van der Waals surface area contributed by atoms with E-state index >= 15 is 0 Å². The third kappa shape index (κ3) is 6.51. The molecule has 7 heteroatoms. The van der Waals surface area contributed by atoms with Gasteiger partial charge < -0.3 is 9.15 Å². The maximum Gasteiger partial charge on any atom is 0.286 e. The Balaban J connectivity index is 1.31. The van der Waals surface area contributed by atoms with Gasteiger partial charge in [0.2, 0.25) is 11.8 Å². The monoisotopic (exact) mass is 484 g/mol. The summed E-state index contributed by atoms with van der Waals surface area (Å²) < 4.78 is 12.4. The van der Waals surface area contributed by atoms with E-state index in [0.29, 0.717) is 24.3 Å². The second-order valence-electron chi connectivity index (χ2n) is 9.96. The number of thioether (sulfide) groups is 1. The van der Waals surface area contributed by atoms with Crippen LogP contribution in [0.5, 0.6) is 0 Å². The van der Waals surface area contributed by atoms with Crippen LogP contribution in [-0.4, -0.2) is 27.5 Å². The number of amides is 2. The Labute approximate surface area is 206 Å². The Hall–Kier alpha value is -2.12. The number of nitrogens with zero attached hydrogens (tertiary/aromatic N) is 1. The maximum atomic E-state index is 11.8. The first-order valence-electron chi connectivity index (χ1n) is 12.6. The number of nitrogens with one attached hydrogen (secondary N) is 1. The van der Waals surface area contributed by atoms with Crippen LogP contribution in [0.1, 0.15) is 76.3 Å². The van der Waals surface area contributed by atoms with Gasteiger partial charge in [-0.3, -0.25) is 14.9 Å². The number of oxazole rings is 1. The molecule has 2 aromatic rings. The van der Waals surface area contributed by atoms with Gasteiger partial charge in [-0.2, -0.15) is 0 Å². The molecule has 2 heterocycles. The second-order valence-corrected chi connectivity index (χ2v) is 11.1. The van der Waals surface area contributed by atoms with Crippen molar-refractivity contribution in [2.24, 2.45) is 11.8 Å². The van der Waals surface area contributed by atoms with Crippen LogP contribution in [0.15, 0.2) is 28.7 Å². The smallest absolute Gasteiger partial charge is 0.286 e. The van der Waals surface area contributed by atoms with E-state index in [-0.39, 0.29) is 22.5 Å². The van der Waals surface area contributed by atoms with Gasteiger partial charge in [-0.1, -0.05) is 57.5 Å². The predicted octanol–water partition coefficient (Wildman–Crippen LogP) is 6.31. The van der Waals surface area contributed by atoms with Crippen LogP contribution in [-0.2, 0) is 29.0 Å². The average molecular weight is 485 g/mol. The molecule has 184 valence electrons. The molecule has 0 spiro atoms. The van der Waals surface area contributed by atoms with Crippen molar-refractivity contribution in [1.29, 1.82) is 0 Å². The van der Waals surface area contributed by atoms with E-state index in [1.165, 1.54) is 5.56 Å². The fourth-order valence-corrected chi connectivity index (χ4v) is 5.81. The molecule has 2 amide bonds. The molecule has 0 radical (unpaired) electrons. The summed E-state index contributed by atoms with van der Waals surface area (Å²) in [6.45, 7) is 7.00. The molecule has 1 aliphatic heterocycles. The maximum absolute atomic E-state index is 11.8. The largest absolute Gasteiger partial charge is 0.441 e. The minimum atomic E-state index is -0.228. The quantitative estimate of drug-likeness (QED) is 0.426. The molecular weight excluding hydrogens is 448 g/mol. The zero-order chi connectivity index (χ0) is 24.1. The molecule has 1 saturated heterocycles. The van der Waals surface area contributed by atoms with E-state index < -0.39 is 0 Å². The summed E-state index contributed by atoms with van der Waals surface area (Å²) in [7, 11) is 0. The summed E-state index contributed by atoms with van der Waals surface area (Å²) in [5.41, 5.74) is 3.22. The van der Waals surface area contributed by atoms with Gasteiger partial charge in [0.15, 0.2) is 0 Å². The van der Waals surface area contributed by atoms with E-state index in [1.54, 1.807) is 0 Å². The zero-order valence-corrected chi connectivity index (χ0v) is 21.3. The SMILES string of the molecule is CCc1oc(-c2ccc(CC(C)C)cc2)nc1CO[C@H]1CCC[C@@H](CCC2SC(=O)NC2=O)C1. The Morgan fingerprint density at radius 2 is 1.97 bits per heavy atom. The van der Waals surface area contributed by atoms with Crippen molar-refractivity contribution in [3.8, 4) is 11.5 Å². The fourth-order valence-electron chi connectivity index (χ4n) is 4.97. The van der Waals surface area contributed by atoms with Crippen molar-refractivity contribution in [3.05, 3.63) is 41.3 Å². The Kier molecular flexibility index (Phi) is 8.48. The third-order valence-corrected chi connectivity index (χ3v) is 7.79. The molecule has 1 aliphatic carbocycles. The van der Waals surface area contributed by atoms with Crippen LogP contribution in [0.2, 0.25) is 0 Å². The standard InChI is InChI=1S/C27H36N2O4S/c1-4-23-22(28-26(33-23)20-11-8-19(9-12-20)14-17(2)3)16-32-21-7-5-6-18(15-21)10-13-24-25(30)29-27(31)34-24/h8-9,11-12,17-18,21,24H,4-7,10,13-16H2,1-3H3,(H,29,30,31)/t18-,21-,24?/m0/s1. The van der Waals surface area contributed by atoms with Crippen LogP contribution < -0.4 is 5.32 Å². The van der Waals surface area contributed by atoms with E-state index in [4.69, 9.17) is 14.1 Å². The first-order valence-corrected chi connectivity index (χ1v) is 13.5. The Morgan fingerprint density at radius 3 is 2.65 bits per heavy atom. The minimum Gasteiger partial charge on any atom is -0.441 e. The van der Waals surface area contributed by atoms with E-state index in [1.807, 2.05) is 0 Å². The summed E-state index contributed by atoms with van der Waals surface area (Å²) in [5, 5.41) is 1.94. The van der Waals surface area contributed by atoms with Gasteiger partial charge in [-0.05, 0) is 61.6 Å². The van der Waals surface area contributed by atoms with Crippen molar-refractivity contribution < 1.29 is 18.7 Å². The van der Waals surface area contributed by atoms with Crippen molar-refractivity contribution >= 4 is 22.9 Å². The zero-order valence-electron chi connectivity index (χ0n) is 20.5. The fraction of sp³-hybridized carbons (Fsp3) is 0.593. The first-order chi connectivity index (χ1) is 16.4. The van der Waals surface area contributed by atoms with Crippen molar-refractivity contribution in [2.45, 2.75) is 90.1 Å². The molecule has 1 N–H and O–H groups in total. The van der Waals surface area contributed by atoms with E-state index in [2.05, 4.69) is 50.4 Å². The lowest BCUT2D eigenvalue weighted by atomic mass is 9.84. The number of carbonyl (C=O) groups excluding carboxylic acids is 2. The second kappa shape index (κ2) is 11.5.